The maximum Gasteiger partial charge on any atom is 0.416 e. The summed E-state index contributed by atoms with van der Waals surface area (Å²) in [4.78, 5) is -0.0948. The van der Waals surface area contributed by atoms with Crippen LogP contribution in [-0.2, 0) is 27.1 Å². The fourth-order valence-electron chi connectivity index (χ4n) is 1.84. The molecule has 0 spiro atoms. The quantitative estimate of drug-likeness (QED) is 0.798. The van der Waals surface area contributed by atoms with Gasteiger partial charge in [0.05, 0.1) is 17.1 Å². The summed E-state index contributed by atoms with van der Waals surface area (Å²) in [6.07, 6.45) is -4.56. The van der Waals surface area contributed by atoms with Crippen LogP contribution in [0, 0.1) is 6.92 Å². The predicted molar refractivity (Wildman–Crippen MR) is 74.6 cm³/mol. The number of halogens is 3. The Morgan fingerprint density at radius 2 is 1.59 bits per heavy atom. The van der Waals surface area contributed by atoms with E-state index in [-0.39, 0.29) is 10.5 Å². The summed E-state index contributed by atoms with van der Waals surface area (Å²) < 4.78 is 67.2. The first kappa shape index (κ1) is 16.5. The fraction of sp³-hybridized carbons (Fsp3) is 0.200. The van der Waals surface area contributed by atoms with E-state index in [0.717, 1.165) is 11.6 Å². The van der Waals surface area contributed by atoms with Crippen molar-refractivity contribution in [3.8, 4) is 0 Å². The topological polar surface area (TPSA) is 43.4 Å². The van der Waals surface area contributed by atoms with Crippen molar-refractivity contribution >= 4 is 10.1 Å². The molecule has 3 nitrogen and oxygen atoms in total. The molecule has 0 N–H and O–H groups in total. The van der Waals surface area contributed by atoms with Crippen LogP contribution in [0.25, 0.3) is 0 Å². The molecule has 2 rings (SSSR count). The van der Waals surface area contributed by atoms with Crippen molar-refractivity contribution < 1.29 is 25.8 Å². The first-order chi connectivity index (χ1) is 10.2. The van der Waals surface area contributed by atoms with Gasteiger partial charge in [0.2, 0.25) is 0 Å². The van der Waals surface area contributed by atoms with Gasteiger partial charge in [-0.3, -0.25) is 4.18 Å². The van der Waals surface area contributed by atoms with Crippen LogP contribution in [0.15, 0.2) is 53.4 Å². The van der Waals surface area contributed by atoms with Gasteiger partial charge in [0.15, 0.2) is 0 Å². The van der Waals surface area contributed by atoms with Crippen molar-refractivity contribution in [2.75, 3.05) is 0 Å². The highest BCUT2D eigenvalue weighted by molar-refractivity contribution is 7.86. The molecule has 0 heterocycles. The van der Waals surface area contributed by atoms with Crippen molar-refractivity contribution in [3.63, 3.8) is 0 Å². The Bertz CT molecular complexity index is 750. The molecule has 22 heavy (non-hydrogen) atoms. The lowest BCUT2D eigenvalue weighted by molar-refractivity contribution is -0.138. The van der Waals surface area contributed by atoms with Gasteiger partial charge >= 0.3 is 6.18 Å². The summed E-state index contributed by atoms with van der Waals surface area (Å²) in [5, 5.41) is 0. The lowest BCUT2D eigenvalue weighted by atomic mass is 10.1. The Morgan fingerprint density at radius 1 is 1.00 bits per heavy atom. The Kier molecular flexibility index (Phi) is 4.58. The molecule has 0 amide bonds. The lowest BCUT2D eigenvalue weighted by Crippen LogP contribution is -2.12. The number of rotatable bonds is 4. The molecule has 0 unspecified atom stereocenters. The summed E-state index contributed by atoms with van der Waals surface area (Å²) in [6.45, 7) is 1.11. The van der Waals surface area contributed by atoms with Crippen LogP contribution < -0.4 is 0 Å². The number of hydrogen-bond donors (Lipinski definition) is 0. The van der Waals surface area contributed by atoms with Gasteiger partial charge in [-0.1, -0.05) is 35.9 Å². The smallest absolute Gasteiger partial charge is 0.262 e. The van der Waals surface area contributed by atoms with E-state index in [1.165, 1.54) is 30.3 Å². The Labute approximate surface area is 126 Å². The zero-order valence-electron chi connectivity index (χ0n) is 11.6. The Morgan fingerprint density at radius 3 is 2.18 bits per heavy atom. The zero-order chi connectivity index (χ0) is 16.4. The van der Waals surface area contributed by atoms with Crippen molar-refractivity contribution in [1.29, 1.82) is 0 Å². The second-order valence-electron chi connectivity index (χ2n) is 4.68. The highest BCUT2D eigenvalue weighted by Crippen LogP contribution is 2.32. The highest BCUT2D eigenvalue weighted by atomic mass is 32.2. The maximum absolute atomic E-state index is 12.8. The molecule has 2 aromatic carbocycles. The van der Waals surface area contributed by atoms with E-state index in [1.807, 2.05) is 0 Å². The minimum absolute atomic E-state index is 0.0948. The van der Waals surface area contributed by atoms with Gasteiger partial charge in [-0.25, -0.2) is 0 Å². The third kappa shape index (κ3) is 3.86. The summed E-state index contributed by atoms with van der Waals surface area (Å²) in [6, 6.07) is 10.6. The van der Waals surface area contributed by atoms with E-state index in [0.29, 0.717) is 0 Å². The number of benzene rings is 2. The van der Waals surface area contributed by atoms with E-state index < -0.39 is 28.5 Å². The van der Waals surface area contributed by atoms with Gasteiger partial charge in [0.25, 0.3) is 10.1 Å². The minimum Gasteiger partial charge on any atom is -0.262 e. The second-order valence-corrected chi connectivity index (χ2v) is 6.30. The van der Waals surface area contributed by atoms with E-state index >= 15 is 0 Å². The van der Waals surface area contributed by atoms with Crippen LogP contribution in [0.4, 0.5) is 13.2 Å². The van der Waals surface area contributed by atoms with E-state index in [1.54, 1.807) is 19.1 Å². The molecule has 0 aromatic heterocycles. The fourth-order valence-corrected chi connectivity index (χ4v) is 2.72. The molecule has 0 bridgehead atoms. The largest absolute Gasteiger partial charge is 0.416 e. The zero-order valence-corrected chi connectivity index (χ0v) is 12.4. The van der Waals surface area contributed by atoms with Crippen LogP contribution in [0.2, 0.25) is 0 Å². The Balaban J connectivity index is 2.22. The van der Waals surface area contributed by atoms with Gasteiger partial charge in [-0.2, -0.15) is 21.6 Å². The maximum atomic E-state index is 12.8. The van der Waals surface area contributed by atoms with Crippen LogP contribution >= 0.6 is 0 Å². The number of alkyl halides is 3. The van der Waals surface area contributed by atoms with E-state index in [4.69, 9.17) is 4.18 Å². The molecule has 0 aliphatic heterocycles. The third-order valence-electron chi connectivity index (χ3n) is 3.00. The number of aryl methyl sites for hydroxylation is 1. The van der Waals surface area contributed by atoms with Gasteiger partial charge in [-0.15, -0.1) is 0 Å². The summed E-state index contributed by atoms with van der Waals surface area (Å²) in [5.74, 6) is 0. The molecule has 0 atom stereocenters. The summed E-state index contributed by atoms with van der Waals surface area (Å²) in [5.41, 5.74) is -0.277. The predicted octanol–water partition coefficient (Wildman–Crippen LogP) is 3.92. The average Bonchev–Trinajstić information content (AvgIpc) is 2.45. The van der Waals surface area contributed by atoms with E-state index in [2.05, 4.69) is 0 Å². The van der Waals surface area contributed by atoms with Crippen LogP contribution in [-0.4, -0.2) is 8.42 Å². The van der Waals surface area contributed by atoms with Gasteiger partial charge in [-0.05, 0) is 30.7 Å². The third-order valence-corrected chi connectivity index (χ3v) is 4.28. The summed E-state index contributed by atoms with van der Waals surface area (Å²) >= 11 is 0. The van der Waals surface area contributed by atoms with Crippen molar-refractivity contribution in [2.24, 2.45) is 0 Å². The van der Waals surface area contributed by atoms with Gasteiger partial charge < -0.3 is 0 Å². The van der Waals surface area contributed by atoms with Gasteiger partial charge in [0.1, 0.15) is 0 Å². The summed E-state index contributed by atoms with van der Waals surface area (Å²) in [7, 11) is -4.10. The van der Waals surface area contributed by atoms with Crippen LogP contribution in [0.3, 0.4) is 0 Å². The Hall–Kier alpha value is -1.86. The molecule has 0 aliphatic carbocycles. The van der Waals surface area contributed by atoms with Crippen LogP contribution in [0.1, 0.15) is 16.7 Å². The second kappa shape index (κ2) is 6.10. The molecule has 7 heteroatoms. The molecule has 0 aliphatic rings. The lowest BCUT2D eigenvalue weighted by Gasteiger charge is -2.12. The first-order valence-corrected chi connectivity index (χ1v) is 7.72. The van der Waals surface area contributed by atoms with Crippen molar-refractivity contribution in [1.82, 2.24) is 0 Å². The van der Waals surface area contributed by atoms with E-state index in [9.17, 15) is 21.6 Å². The monoisotopic (exact) mass is 330 g/mol. The van der Waals surface area contributed by atoms with Crippen LogP contribution in [0.5, 0.6) is 0 Å². The molecular formula is C15H13F3O3S. The molecule has 118 valence electrons. The molecule has 0 saturated heterocycles. The molecule has 2 aromatic rings. The normalized spacial score (nSPS) is 12.4. The first-order valence-electron chi connectivity index (χ1n) is 6.31. The molecule has 0 fully saturated rings. The molecule has 0 saturated carbocycles. The van der Waals surface area contributed by atoms with Crippen molar-refractivity contribution in [3.05, 3.63) is 65.2 Å². The average molecular weight is 330 g/mol. The molecular weight excluding hydrogens is 317 g/mol. The number of hydrogen-bond acceptors (Lipinski definition) is 3. The highest BCUT2D eigenvalue weighted by Gasteiger charge is 2.33. The van der Waals surface area contributed by atoms with Gasteiger partial charge in [0, 0.05) is 0 Å². The van der Waals surface area contributed by atoms with Crippen molar-refractivity contribution in [2.45, 2.75) is 24.6 Å². The SMILES string of the molecule is Cc1ccc(S(=O)(=O)OCc2ccccc2C(F)(F)F)cc1. The standard InChI is InChI=1S/C15H13F3O3S/c1-11-6-8-13(9-7-11)22(19,20)21-10-12-4-2-3-5-14(12)15(16,17)18/h2-9H,10H2,1H3. The minimum atomic E-state index is -4.56. The molecule has 0 radical (unpaired) electrons.